The van der Waals surface area contributed by atoms with Crippen molar-refractivity contribution in [3.63, 3.8) is 0 Å². The first-order chi connectivity index (χ1) is 8.97. The van der Waals surface area contributed by atoms with E-state index in [0.717, 1.165) is 17.4 Å². The number of thiophene rings is 1. The Balaban J connectivity index is 2.25. The number of carbonyl (C=O) groups excluding carboxylic acids is 1. The summed E-state index contributed by atoms with van der Waals surface area (Å²) < 4.78 is 13.2. The molecule has 0 atom stereocenters. The SMILES string of the molecule is Cc1cc(F)cc(C(=O)Nc2sccc2C(=O)O)c1. The summed E-state index contributed by atoms with van der Waals surface area (Å²) in [4.78, 5) is 22.8. The highest BCUT2D eigenvalue weighted by Crippen LogP contribution is 2.24. The number of anilines is 1. The lowest BCUT2D eigenvalue weighted by molar-refractivity contribution is 0.0698. The molecule has 0 saturated heterocycles. The summed E-state index contributed by atoms with van der Waals surface area (Å²) in [6, 6.07) is 5.35. The Labute approximate surface area is 112 Å². The quantitative estimate of drug-likeness (QED) is 0.907. The number of aromatic carboxylic acids is 1. The first kappa shape index (κ1) is 13.2. The Bertz CT molecular complexity index is 631. The fourth-order valence-corrected chi connectivity index (χ4v) is 2.39. The Morgan fingerprint density at radius 1 is 1.32 bits per heavy atom. The molecule has 0 aliphatic heterocycles. The van der Waals surface area contributed by atoms with E-state index in [1.807, 2.05) is 0 Å². The van der Waals surface area contributed by atoms with Gasteiger partial charge in [-0.2, -0.15) is 0 Å². The van der Waals surface area contributed by atoms with E-state index in [2.05, 4.69) is 5.32 Å². The number of aryl methyl sites for hydroxylation is 1. The van der Waals surface area contributed by atoms with Crippen LogP contribution in [0.25, 0.3) is 0 Å². The van der Waals surface area contributed by atoms with Gasteiger partial charge < -0.3 is 10.4 Å². The number of halogens is 1. The van der Waals surface area contributed by atoms with Crippen LogP contribution in [0.4, 0.5) is 9.39 Å². The van der Waals surface area contributed by atoms with Gasteiger partial charge in [0.1, 0.15) is 10.8 Å². The Kier molecular flexibility index (Phi) is 3.62. The third-order valence-electron chi connectivity index (χ3n) is 2.43. The van der Waals surface area contributed by atoms with Gasteiger partial charge in [0.25, 0.3) is 5.91 Å². The lowest BCUT2D eigenvalue weighted by Crippen LogP contribution is -2.13. The van der Waals surface area contributed by atoms with Gasteiger partial charge in [-0.15, -0.1) is 11.3 Å². The summed E-state index contributed by atoms with van der Waals surface area (Å²) in [5.74, 6) is -2.16. The number of amides is 1. The molecule has 1 amide bonds. The molecule has 0 fully saturated rings. The molecule has 1 heterocycles. The van der Waals surface area contributed by atoms with Gasteiger partial charge in [0.15, 0.2) is 0 Å². The lowest BCUT2D eigenvalue weighted by Gasteiger charge is -2.05. The average molecular weight is 279 g/mol. The van der Waals surface area contributed by atoms with Crippen LogP contribution >= 0.6 is 11.3 Å². The van der Waals surface area contributed by atoms with Crippen molar-refractivity contribution in [1.82, 2.24) is 0 Å². The molecule has 0 bridgehead atoms. The molecule has 2 N–H and O–H groups in total. The highest BCUT2D eigenvalue weighted by Gasteiger charge is 2.15. The van der Waals surface area contributed by atoms with Crippen LogP contribution in [0.5, 0.6) is 0 Å². The van der Waals surface area contributed by atoms with Crippen LogP contribution in [-0.4, -0.2) is 17.0 Å². The van der Waals surface area contributed by atoms with E-state index in [1.165, 1.54) is 18.2 Å². The van der Waals surface area contributed by atoms with E-state index in [1.54, 1.807) is 12.3 Å². The first-order valence-electron chi connectivity index (χ1n) is 5.36. The van der Waals surface area contributed by atoms with Crippen molar-refractivity contribution in [3.05, 3.63) is 52.2 Å². The molecule has 0 aliphatic rings. The maximum absolute atomic E-state index is 13.2. The summed E-state index contributed by atoms with van der Waals surface area (Å²) in [7, 11) is 0. The molecule has 6 heteroatoms. The van der Waals surface area contributed by atoms with Gasteiger partial charge in [-0.3, -0.25) is 4.79 Å². The Morgan fingerprint density at radius 2 is 2.05 bits per heavy atom. The van der Waals surface area contributed by atoms with Crippen molar-refractivity contribution in [3.8, 4) is 0 Å². The number of benzene rings is 1. The zero-order valence-electron chi connectivity index (χ0n) is 9.94. The molecule has 2 rings (SSSR count). The van der Waals surface area contributed by atoms with E-state index < -0.39 is 17.7 Å². The minimum absolute atomic E-state index is 0.0199. The number of carboxylic acid groups (broad SMARTS) is 1. The Hall–Kier alpha value is -2.21. The van der Waals surface area contributed by atoms with Gasteiger partial charge in [-0.05, 0) is 42.1 Å². The number of carbonyl (C=O) groups is 2. The maximum atomic E-state index is 13.2. The second-order valence-corrected chi connectivity index (χ2v) is 4.86. The number of hydrogen-bond acceptors (Lipinski definition) is 3. The predicted molar refractivity (Wildman–Crippen MR) is 70.4 cm³/mol. The molecular formula is C13H10FNO3S. The van der Waals surface area contributed by atoms with Gasteiger partial charge in [0, 0.05) is 5.56 Å². The molecule has 0 radical (unpaired) electrons. The van der Waals surface area contributed by atoms with E-state index in [4.69, 9.17) is 5.11 Å². The fraction of sp³-hybridized carbons (Fsp3) is 0.0769. The van der Waals surface area contributed by atoms with Gasteiger partial charge >= 0.3 is 5.97 Å². The van der Waals surface area contributed by atoms with Crippen LogP contribution in [0.1, 0.15) is 26.3 Å². The number of nitrogens with one attached hydrogen (secondary N) is 1. The van der Waals surface area contributed by atoms with Crippen molar-refractivity contribution < 1.29 is 19.1 Å². The smallest absolute Gasteiger partial charge is 0.338 e. The maximum Gasteiger partial charge on any atom is 0.338 e. The molecule has 0 spiro atoms. The van der Waals surface area contributed by atoms with Crippen LogP contribution in [0.15, 0.2) is 29.6 Å². The van der Waals surface area contributed by atoms with Crippen molar-refractivity contribution in [2.75, 3.05) is 5.32 Å². The van der Waals surface area contributed by atoms with E-state index in [0.29, 0.717) is 5.56 Å². The minimum atomic E-state index is -1.12. The van der Waals surface area contributed by atoms with Crippen LogP contribution < -0.4 is 5.32 Å². The van der Waals surface area contributed by atoms with E-state index in [9.17, 15) is 14.0 Å². The minimum Gasteiger partial charge on any atom is -0.478 e. The van der Waals surface area contributed by atoms with Gasteiger partial charge in [-0.25, -0.2) is 9.18 Å². The molecular weight excluding hydrogens is 269 g/mol. The van der Waals surface area contributed by atoms with Crippen LogP contribution in [0, 0.1) is 12.7 Å². The lowest BCUT2D eigenvalue weighted by atomic mass is 10.1. The number of rotatable bonds is 3. The molecule has 0 saturated carbocycles. The highest BCUT2D eigenvalue weighted by molar-refractivity contribution is 7.14. The zero-order chi connectivity index (χ0) is 14.0. The molecule has 1 aromatic heterocycles. The molecule has 0 aliphatic carbocycles. The van der Waals surface area contributed by atoms with E-state index >= 15 is 0 Å². The summed E-state index contributed by atoms with van der Waals surface area (Å²) in [5, 5.41) is 13.2. The van der Waals surface area contributed by atoms with Crippen molar-refractivity contribution >= 4 is 28.2 Å². The van der Waals surface area contributed by atoms with Crippen LogP contribution in [-0.2, 0) is 0 Å². The summed E-state index contributed by atoms with van der Waals surface area (Å²) in [6.07, 6.45) is 0. The molecule has 4 nitrogen and oxygen atoms in total. The first-order valence-corrected chi connectivity index (χ1v) is 6.24. The standard InChI is InChI=1S/C13H10FNO3S/c1-7-4-8(6-9(14)5-7)11(16)15-12-10(13(17)18)2-3-19-12/h2-6H,1H3,(H,15,16)(H,17,18). The topological polar surface area (TPSA) is 66.4 Å². The third kappa shape index (κ3) is 2.97. The van der Waals surface area contributed by atoms with Gasteiger partial charge in [0.05, 0.1) is 5.56 Å². The normalized spacial score (nSPS) is 10.2. The second kappa shape index (κ2) is 5.19. The second-order valence-electron chi connectivity index (χ2n) is 3.94. The molecule has 1 aromatic carbocycles. The Morgan fingerprint density at radius 3 is 2.68 bits per heavy atom. The predicted octanol–water partition coefficient (Wildman–Crippen LogP) is 3.15. The van der Waals surface area contributed by atoms with Crippen LogP contribution in [0.2, 0.25) is 0 Å². The summed E-state index contributed by atoms with van der Waals surface area (Å²) in [6.45, 7) is 1.67. The largest absolute Gasteiger partial charge is 0.478 e. The molecule has 98 valence electrons. The third-order valence-corrected chi connectivity index (χ3v) is 3.26. The molecule has 0 unspecified atom stereocenters. The van der Waals surface area contributed by atoms with E-state index in [-0.39, 0.29) is 16.1 Å². The average Bonchev–Trinajstić information content (AvgIpc) is 2.75. The van der Waals surface area contributed by atoms with Crippen LogP contribution in [0.3, 0.4) is 0 Å². The molecule has 2 aromatic rings. The summed E-state index contributed by atoms with van der Waals surface area (Å²) >= 11 is 1.10. The zero-order valence-corrected chi connectivity index (χ0v) is 10.8. The fourth-order valence-electron chi connectivity index (χ4n) is 1.62. The monoisotopic (exact) mass is 279 g/mol. The van der Waals surface area contributed by atoms with Gasteiger partial charge in [0.2, 0.25) is 0 Å². The molecule has 19 heavy (non-hydrogen) atoms. The summed E-state index contributed by atoms with van der Waals surface area (Å²) in [5.41, 5.74) is 0.795. The van der Waals surface area contributed by atoms with Crippen molar-refractivity contribution in [1.29, 1.82) is 0 Å². The number of hydrogen-bond donors (Lipinski definition) is 2. The number of carboxylic acids is 1. The highest BCUT2D eigenvalue weighted by atomic mass is 32.1. The van der Waals surface area contributed by atoms with Crippen molar-refractivity contribution in [2.24, 2.45) is 0 Å². The van der Waals surface area contributed by atoms with Gasteiger partial charge in [-0.1, -0.05) is 0 Å². The van der Waals surface area contributed by atoms with Crippen molar-refractivity contribution in [2.45, 2.75) is 6.92 Å².